The number of likely N-dealkylation sites (tertiary alicyclic amines) is 1. The molecule has 4 rings (SSSR count). The van der Waals surface area contributed by atoms with E-state index in [0.717, 1.165) is 28.7 Å². The van der Waals surface area contributed by atoms with Crippen molar-refractivity contribution < 1.29 is 18.0 Å². The van der Waals surface area contributed by atoms with Crippen LogP contribution in [0.5, 0.6) is 0 Å². The Bertz CT molecular complexity index is 1210. The quantitative estimate of drug-likeness (QED) is 0.596. The summed E-state index contributed by atoms with van der Waals surface area (Å²) < 4.78 is 40.0. The molecule has 0 saturated carbocycles. The Morgan fingerprint density at radius 2 is 1.61 bits per heavy atom. The van der Waals surface area contributed by atoms with E-state index in [4.69, 9.17) is 0 Å². The number of halogens is 3. The highest BCUT2D eigenvalue weighted by Crippen LogP contribution is 2.30. The summed E-state index contributed by atoms with van der Waals surface area (Å²) in [5, 5.41) is 0. The molecule has 176 valence electrons. The maximum atomic E-state index is 12.7. The highest BCUT2D eigenvalue weighted by Gasteiger charge is 2.30. The molecule has 2 heterocycles. The molecule has 1 aliphatic rings. The molecule has 0 unspecified atom stereocenters. The molecule has 3 aromatic rings. The predicted octanol–water partition coefficient (Wildman–Crippen LogP) is 5.05. The lowest BCUT2D eigenvalue weighted by molar-refractivity contribution is -0.137. The summed E-state index contributed by atoms with van der Waals surface area (Å²) in [5.41, 5.74) is 2.46. The number of rotatable bonds is 3. The van der Waals surface area contributed by atoms with Crippen molar-refractivity contribution in [3.63, 3.8) is 0 Å². The third-order valence-electron chi connectivity index (χ3n) is 6.40. The Morgan fingerprint density at radius 1 is 1.00 bits per heavy atom. The summed E-state index contributed by atoms with van der Waals surface area (Å²) in [5.74, 6) is -0.116. The summed E-state index contributed by atoms with van der Waals surface area (Å²) in [6, 6.07) is 10.7. The van der Waals surface area contributed by atoms with Crippen molar-refractivity contribution in [1.29, 1.82) is 0 Å². The molecule has 0 spiro atoms. The van der Waals surface area contributed by atoms with E-state index in [1.54, 1.807) is 4.90 Å². The molecule has 1 fully saturated rings. The number of alkyl halides is 3. The topological polar surface area (TPSA) is 58.1 Å². The van der Waals surface area contributed by atoms with Gasteiger partial charge in [-0.1, -0.05) is 39.0 Å². The number of imidazole rings is 1. The molecule has 1 aliphatic heterocycles. The minimum atomic E-state index is -4.39. The Morgan fingerprint density at radius 3 is 2.18 bits per heavy atom. The number of hydrogen-bond donors (Lipinski definition) is 1. The van der Waals surface area contributed by atoms with E-state index in [1.165, 1.54) is 12.1 Å². The summed E-state index contributed by atoms with van der Waals surface area (Å²) in [4.78, 5) is 30.1. The van der Waals surface area contributed by atoms with Crippen molar-refractivity contribution in [3.8, 4) is 0 Å². The van der Waals surface area contributed by atoms with E-state index in [9.17, 15) is 22.8 Å². The number of aromatic amines is 1. The van der Waals surface area contributed by atoms with Crippen molar-refractivity contribution in [2.45, 2.75) is 57.7 Å². The molecule has 0 radical (unpaired) electrons. The lowest BCUT2D eigenvalue weighted by Gasteiger charge is -2.33. The second-order valence-corrected chi connectivity index (χ2v) is 9.77. The second kappa shape index (κ2) is 8.39. The van der Waals surface area contributed by atoms with Gasteiger partial charge in [-0.3, -0.25) is 9.36 Å². The molecule has 1 aromatic heterocycles. The van der Waals surface area contributed by atoms with Gasteiger partial charge in [0.15, 0.2) is 0 Å². The number of nitrogens with zero attached hydrogens (tertiary/aromatic N) is 2. The molecule has 8 heteroatoms. The van der Waals surface area contributed by atoms with Gasteiger partial charge in [0.25, 0.3) is 0 Å². The van der Waals surface area contributed by atoms with Gasteiger partial charge < -0.3 is 9.88 Å². The third kappa shape index (κ3) is 4.84. The zero-order chi connectivity index (χ0) is 24.0. The maximum absolute atomic E-state index is 12.7. The second-order valence-electron chi connectivity index (χ2n) is 9.77. The van der Waals surface area contributed by atoms with Crippen LogP contribution in [-0.2, 0) is 22.8 Å². The first-order valence-electron chi connectivity index (χ1n) is 11.1. The largest absolute Gasteiger partial charge is 0.416 e. The molecule has 2 aromatic carbocycles. The van der Waals surface area contributed by atoms with Gasteiger partial charge >= 0.3 is 11.9 Å². The monoisotopic (exact) mass is 459 g/mol. The predicted molar refractivity (Wildman–Crippen MR) is 121 cm³/mol. The van der Waals surface area contributed by atoms with Gasteiger partial charge in [0.05, 0.1) is 23.0 Å². The van der Waals surface area contributed by atoms with Crippen molar-refractivity contribution in [3.05, 3.63) is 69.6 Å². The van der Waals surface area contributed by atoms with Crippen LogP contribution in [0.25, 0.3) is 11.0 Å². The van der Waals surface area contributed by atoms with Crippen molar-refractivity contribution in [1.82, 2.24) is 14.5 Å². The van der Waals surface area contributed by atoms with Crippen LogP contribution in [0.4, 0.5) is 13.2 Å². The number of benzene rings is 2. The van der Waals surface area contributed by atoms with Gasteiger partial charge in [0.2, 0.25) is 5.91 Å². The van der Waals surface area contributed by atoms with Gasteiger partial charge in [-0.2, -0.15) is 13.2 Å². The summed E-state index contributed by atoms with van der Waals surface area (Å²) in [6.07, 6.45) is -3.04. The van der Waals surface area contributed by atoms with Gasteiger partial charge in [-0.15, -0.1) is 0 Å². The van der Waals surface area contributed by atoms with Crippen LogP contribution in [0.2, 0.25) is 0 Å². The molecule has 5 nitrogen and oxygen atoms in total. The van der Waals surface area contributed by atoms with E-state index in [2.05, 4.69) is 31.8 Å². The number of H-pyrrole nitrogens is 1. The smallest absolute Gasteiger partial charge is 0.342 e. The van der Waals surface area contributed by atoms with E-state index < -0.39 is 11.7 Å². The van der Waals surface area contributed by atoms with Gasteiger partial charge in [0, 0.05) is 19.1 Å². The number of piperidine rings is 1. The van der Waals surface area contributed by atoms with Crippen LogP contribution in [-0.4, -0.2) is 33.4 Å². The normalized spacial score (nSPS) is 15.9. The molecular formula is C25H28F3N3O2. The Labute approximate surface area is 190 Å². The van der Waals surface area contributed by atoms with E-state index in [-0.39, 0.29) is 29.5 Å². The molecule has 33 heavy (non-hydrogen) atoms. The number of carbonyl (C=O) groups excluding carboxylic acids is 1. The first kappa shape index (κ1) is 23.1. The van der Waals surface area contributed by atoms with Gasteiger partial charge in [-0.05, 0) is 53.6 Å². The standard InChI is InChI=1S/C25H28F3N3O2/c1-24(2,3)18-8-9-20-21(15-18)31(23(33)29-20)19-10-12-30(13-11-19)22(32)14-16-4-6-17(7-5-16)25(26,27)28/h4-9,15,19H,10-14H2,1-3H3,(H,29,33). The minimum Gasteiger partial charge on any atom is -0.342 e. The SMILES string of the molecule is CC(C)(C)c1ccc2[nH]c(=O)n(C3CCN(C(=O)Cc4ccc(C(F)(F)F)cc4)CC3)c2c1. The molecule has 1 N–H and O–H groups in total. The minimum absolute atomic E-state index is 0.0170. The average molecular weight is 460 g/mol. The van der Waals surface area contributed by atoms with Crippen LogP contribution in [0.1, 0.15) is 56.3 Å². The Kier molecular flexibility index (Phi) is 5.88. The molecule has 0 bridgehead atoms. The highest BCUT2D eigenvalue weighted by molar-refractivity contribution is 5.79. The molecular weight excluding hydrogens is 431 g/mol. The van der Waals surface area contributed by atoms with Gasteiger partial charge in [-0.25, -0.2) is 4.79 Å². The third-order valence-corrected chi connectivity index (χ3v) is 6.40. The number of aromatic nitrogens is 2. The number of nitrogens with one attached hydrogen (secondary N) is 1. The number of fused-ring (bicyclic) bond motifs is 1. The Hall–Kier alpha value is -3.03. The van der Waals surface area contributed by atoms with Crippen molar-refractivity contribution in [2.75, 3.05) is 13.1 Å². The van der Waals surface area contributed by atoms with Crippen LogP contribution >= 0.6 is 0 Å². The van der Waals surface area contributed by atoms with Crippen molar-refractivity contribution in [2.24, 2.45) is 0 Å². The highest BCUT2D eigenvalue weighted by atomic mass is 19.4. The molecule has 0 aliphatic carbocycles. The van der Waals surface area contributed by atoms with Gasteiger partial charge in [0.1, 0.15) is 0 Å². The number of hydrogen-bond acceptors (Lipinski definition) is 2. The van der Waals surface area contributed by atoms with Crippen LogP contribution in [0, 0.1) is 0 Å². The van der Waals surface area contributed by atoms with E-state index in [0.29, 0.717) is 31.5 Å². The molecule has 1 amide bonds. The molecule has 0 atom stereocenters. The molecule has 1 saturated heterocycles. The number of amides is 1. The van der Waals surface area contributed by atoms with Crippen molar-refractivity contribution >= 4 is 16.9 Å². The zero-order valence-electron chi connectivity index (χ0n) is 19.0. The fourth-order valence-corrected chi connectivity index (χ4v) is 4.42. The van der Waals surface area contributed by atoms with Crippen LogP contribution < -0.4 is 5.69 Å². The summed E-state index contributed by atoms with van der Waals surface area (Å²) >= 11 is 0. The lowest BCUT2D eigenvalue weighted by Crippen LogP contribution is -2.41. The van der Waals surface area contributed by atoms with Crippen LogP contribution in [0.3, 0.4) is 0 Å². The zero-order valence-corrected chi connectivity index (χ0v) is 19.0. The van der Waals surface area contributed by atoms with Crippen LogP contribution in [0.15, 0.2) is 47.3 Å². The van der Waals surface area contributed by atoms with E-state index >= 15 is 0 Å². The maximum Gasteiger partial charge on any atom is 0.416 e. The Balaban J connectivity index is 1.44. The summed E-state index contributed by atoms with van der Waals surface area (Å²) in [7, 11) is 0. The van der Waals surface area contributed by atoms with E-state index in [1.807, 2.05) is 16.7 Å². The summed E-state index contributed by atoms with van der Waals surface area (Å²) in [6.45, 7) is 7.39. The first-order chi connectivity index (χ1) is 15.4. The lowest BCUT2D eigenvalue weighted by atomic mass is 9.87. The fraction of sp³-hybridized carbons (Fsp3) is 0.440. The average Bonchev–Trinajstić information content (AvgIpc) is 3.08. The number of carbonyl (C=O) groups is 1. The first-order valence-corrected chi connectivity index (χ1v) is 11.1. The fourth-order valence-electron chi connectivity index (χ4n) is 4.42.